The summed E-state index contributed by atoms with van der Waals surface area (Å²) in [5.41, 5.74) is 12.9. The van der Waals surface area contributed by atoms with Gasteiger partial charge in [0.1, 0.15) is 17.5 Å². The lowest BCUT2D eigenvalue weighted by Gasteiger charge is -1.92. The molecule has 0 bridgehead atoms. The molecule has 3 aromatic heterocycles. The monoisotopic (exact) mass is 245 g/mol. The summed E-state index contributed by atoms with van der Waals surface area (Å²) in [7, 11) is 0. The average molecular weight is 245 g/mol. The number of H-pyrrole nitrogens is 1. The van der Waals surface area contributed by atoms with Gasteiger partial charge in [-0.2, -0.15) is 0 Å². The molecular weight excluding hydrogens is 234 g/mol. The molecule has 0 fully saturated rings. The van der Waals surface area contributed by atoms with Crippen molar-refractivity contribution < 1.29 is 0 Å². The summed E-state index contributed by atoms with van der Waals surface area (Å²) in [6.45, 7) is 1.11. The second-order valence-corrected chi connectivity index (χ2v) is 3.70. The number of anilines is 1. The topological polar surface area (TPSA) is 137 Å². The minimum absolute atomic E-state index is 0.355. The minimum Gasteiger partial charge on any atom is -0.382 e. The van der Waals surface area contributed by atoms with E-state index < -0.39 is 0 Å². The van der Waals surface area contributed by atoms with Crippen LogP contribution in [0.25, 0.3) is 22.7 Å². The highest BCUT2D eigenvalue weighted by atomic mass is 15.4. The standard InChI is InChI=1S/C9H11N9/c10-1-2-18-3-5(16-17-18)8-14-6-7(11)12-4-13-9(6)15-8/h3-4H,1-2,10H2,(H3,11,12,13,14,15). The van der Waals surface area contributed by atoms with E-state index in [4.69, 9.17) is 11.5 Å². The van der Waals surface area contributed by atoms with Crippen LogP contribution in [0.3, 0.4) is 0 Å². The number of aromatic nitrogens is 7. The number of fused-ring (bicyclic) bond motifs is 1. The number of nitrogens with one attached hydrogen (secondary N) is 1. The van der Waals surface area contributed by atoms with Crippen LogP contribution in [-0.4, -0.2) is 41.5 Å². The molecule has 0 unspecified atom stereocenters. The van der Waals surface area contributed by atoms with Crippen molar-refractivity contribution in [3.63, 3.8) is 0 Å². The van der Waals surface area contributed by atoms with Crippen LogP contribution in [0.5, 0.6) is 0 Å². The van der Waals surface area contributed by atoms with Gasteiger partial charge in [0.15, 0.2) is 17.3 Å². The second-order valence-electron chi connectivity index (χ2n) is 3.70. The lowest BCUT2D eigenvalue weighted by atomic mass is 10.4. The first kappa shape index (κ1) is 10.6. The van der Waals surface area contributed by atoms with Crippen LogP contribution >= 0.6 is 0 Å². The Morgan fingerprint density at radius 1 is 1.33 bits per heavy atom. The lowest BCUT2D eigenvalue weighted by Crippen LogP contribution is -2.10. The molecule has 18 heavy (non-hydrogen) atoms. The Labute approximate surface area is 101 Å². The molecule has 3 aromatic rings. The predicted octanol–water partition coefficient (Wildman–Crippen LogP) is -0.848. The Morgan fingerprint density at radius 2 is 2.22 bits per heavy atom. The Hall–Kier alpha value is -2.55. The van der Waals surface area contributed by atoms with Gasteiger partial charge in [-0.05, 0) is 0 Å². The fraction of sp³-hybridized carbons (Fsp3) is 0.222. The van der Waals surface area contributed by atoms with E-state index in [9.17, 15) is 0 Å². The first-order valence-corrected chi connectivity index (χ1v) is 5.34. The number of nitrogens with zero attached hydrogens (tertiary/aromatic N) is 6. The molecule has 5 N–H and O–H groups in total. The number of nitrogens with two attached hydrogens (primary N) is 2. The number of imidazole rings is 1. The maximum absolute atomic E-state index is 5.72. The zero-order valence-electron chi connectivity index (χ0n) is 9.41. The van der Waals surface area contributed by atoms with Gasteiger partial charge in [0.05, 0.1) is 12.7 Å². The van der Waals surface area contributed by atoms with E-state index in [1.807, 2.05) is 0 Å². The summed E-state index contributed by atoms with van der Waals surface area (Å²) in [4.78, 5) is 15.2. The van der Waals surface area contributed by atoms with E-state index >= 15 is 0 Å². The molecular formula is C9H11N9. The molecule has 9 heteroatoms. The average Bonchev–Trinajstić information content (AvgIpc) is 2.96. The van der Waals surface area contributed by atoms with Crippen LogP contribution in [-0.2, 0) is 6.54 Å². The summed E-state index contributed by atoms with van der Waals surface area (Å²) in [6, 6.07) is 0. The van der Waals surface area contributed by atoms with Gasteiger partial charge in [-0.15, -0.1) is 5.10 Å². The summed E-state index contributed by atoms with van der Waals surface area (Å²) < 4.78 is 1.65. The van der Waals surface area contributed by atoms with E-state index in [2.05, 4.69) is 30.2 Å². The highest BCUT2D eigenvalue weighted by Gasteiger charge is 2.11. The summed E-state index contributed by atoms with van der Waals surface area (Å²) in [5.74, 6) is 0.911. The van der Waals surface area contributed by atoms with Crippen molar-refractivity contribution in [2.45, 2.75) is 6.54 Å². The molecule has 0 saturated heterocycles. The molecule has 0 spiro atoms. The highest BCUT2D eigenvalue weighted by molar-refractivity contribution is 5.83. The van der Waals surface area contributed by atoms with E-state index in [0.717, 1.165) is 0 Å². The van der Waals surface area contributed by atoms with Crippen LogP contribution in [0, 0.1) is 0 Å². The zero-order chi connectivity index (χ0) is 12.5. The van der Waals surface area contributed by atoms with Gasteiger partial charge in [-0.25, -0.2) is 15.0 Å². The Morgan fingerprint density at radius 3 is 3.00 bits per heavy atom. The number of rotatable bonds is 3. The van der Waals surface area contributed by atoms with Gasteiger partial charge in [0.2, 0.25) is 0 Å². The van der Waals surface area contributed by atoms with E-state index in [-0.39, 0.29) is 0 Å². The van der Waals surface area contributed by atoms with Crippen molar-refractivity contribution in [3.8, 4) is 11.5 Å². The first-order chi connectivity index (χ1) is 8.78. The Balaban J connectivity index is 2.05. The maximum atomic E-state index is 5.72. The van der Waals surface area contributed by atoms with Gasteiger partial charge in [-0.1, -0.05) is 5.21 Å². The van der Waals surface area contributed by atoms with Crippen molar-refractivity contribution in [2.75, 3.05) is 12.3 Å². The van der Waals surface area contributed by atoms with Crippen LogP contribution in [0.4, 0.5) is 5.82 Å². The third kappa shape index (κ3) is 1.66. The minimum atomic E-state index is 0.355. The molecule has 3 rings (SSSR count). The number of aromatic amines is 1. The van der Waals surface area contributed by atoms with E-state index in [1.54, 1.807) is 10.9 Å². The third-order valence-electron chi connectivity index (χ3n) is 2.46. The van der Waals surface area contributed by atoms with Crippen LogP contribution in [0.2, 0.25) is 0 Å². The first-order valence-electron chi connectivity index (χ1n) is 5.34. The third-order valence-corrected chi connectivity index (χ3v) is 2.46. The molecule has 9 nitrogen and oxygen atoms in total. The SMILES string of the molecule is NCCn1cc(-c2nc3ncnc(N)c3[nH]2)nn1. The number of hydrogen-bond donors (Lipinski definition) is 3. The van der Waals surface area contributed by atoms with Crippen molar-refractivity contribution in [1.82, 2.24) is 34.9 Å². The molecule has 0 aliphatic heterocycles. The van der Waals surface area contributed by atoms with Gasteiger partial charge in [0.25, 0.3) is 0 Å². The van der Waals surface area contributed by atoms with Crippen LogP contribution in [0.1, 0.15) is 0 Å². The molecule has 92 valence electrons. The smallest absolute Gasteiger partial charge is 0.183 e. The number of nitrogen functional groups attached to an aromatic ring is 1. The van der Waals surface area contributed by atoms with Gasteiger partial charge < -0.3 is 16.5 Å². The molecule has 0 radical (unpaired) electrons. The molecule has 0 atom stereocenters. The fourth-order valence-electron chi connectivity index (χ4n) is 1.62. The number of hydrogen-bond acceptors (Lipinski definition) is 7. The Kier molecular flexibility index (Phi) is 2.38. The van der Waals surface area contributed by atoms with Crippen molar-refractivity contribution in [3.05, 3.63) is 12.5 Å². The molecule has 0 amide bonds. The van der Waals surface area contributed by atoms with Gasteiger partial charge >= 0.3 is 0 Å². The summed E-state index contributed by atoms with van der Waals surface area (Å²) in [6.07, 6.45) is 3.13. The molecule has 0 saturated carbocycles. The Bertz CT molecular complexity index is 682. The van der Waals surface area contributed by atoms with Crippen LogP contribution in [0.15, 0.2) is 12.5 Å². The van der Waals surface area contributed by atoms with E-state index in [1.165, 1.54) is 6.33 Å². The molecule has 0 aromatic carbocycles. The highest BCUT2D eigenvalue weighted by Crippen LogP contribution is 2.19. The van der Waals surface area contributed by atoms with Gasteiger partial charge in [-0.3, -0.25) is 4.68 Å². The summed E-state index contributed by atoms with van der Waals surface area (Å²) >= 11 is 0. The van der Waals surface area contributed by atoms with Crippen molar-refractivity contribution >= 4 is 17.0 Å². The normalized spacial score (nSPS) is 11.2. The predicted molar refractivity (Wildman–Crippen MR) is 64.2 cm³/mol. The molecule has 3 heterocycles. The van der Waals surface area contributed by atoms with Crippen molar-refractivity contribution in [2.24, 2.45) is 5.73 Å². The second kappa shape index (κ2) is 4.04. The van der Waals surface area contributed by atoms with Crippen molar-refractivity contribution in [1.29, 1.82) is 0 Å². The molecule has 0 aliphatic carbocycles. The largest absolute Gasteiger partial charge is 0.382 e. The zero-order valence-corrected chi connectivity index (χ0v) is 9.41. The molecule has 0 aliphatic rings. The van der Waals surface area contributed by atoms with Gasteiger partial charge in [0, 0.05) is 6.54 Å². The quantitative estimate of drug-likeness (QED) is 0.546. The maximum Gasteiger partial charge on any atom is 0.183 e. The van der Waals surface area contributed by atoms with Crippen LogP contribution < -0.4 is 11.5 Å². The lowest BCUT2D eigenvalue weighted by molar-refractivity contribution is 0.598. The van der Waals surface area contributed by atoms with E-state index in [0.29, 0.717) is 41.6 Å². The summed E-state index contributed by atoms with van der Waals surface area (Å²) in [5, 5.41) is 7.94. The fourth-order valence-corrected chi connectivity index (χ4v) is 1.62.